The predicted molar refractivity (Wildman–Crippen MR) is 48.0 cm³/mol. The summed E-state index contributed by atoms with van der Waals surface area (Å²) in [6.45, 7) is 2.02. The Morgan fingerprint density at radius 3 is 2.00 bits per heavy atom. The lowest BCUT2D eigenvalue weighted by Gasteiger charge is -2.45. The van der Waals surface area contributed by atoms with Crippen LogP contribution in [0.1, 0.15) is 32.1 Å². The van der Waals surface area contributed by atoms with Crippen LogP contribution < -0.4 is 0 Å². The summed E-state index contributed by atoms with van der Waals surface area (Å²) in [7, 11) is 0. The van der Waals surface area contributed by atoms with Crippen LogP contribution in [0, 0.1) is 5.92 Å². The average Bonchev–Trinajstić information content (AvgIpc) is 2.00. The van der Waals surface area contributed by atoms with Crippen LogP contribution in [0.3, 0.4) is 0 Å². The quantitative estimate of drug-likeness (QED) is 0.639. The first-order valence-corrected chi connectivity index (χ1v) is 5.38. The molecule has 82 valence electrons. The van der Waals surface area contributed by atoms with Crippen LogP contribution in [0.4, 0.5) is 13.2 Å². The van der Waals surface area contributed by atoms with Gasteiger partial charge in [-0.15, -0.1) is 0 Å². The van der Waals surface area contributed by atoms with Crippen LogP contribution in [-0.2, 0) is 0 Å². The van der Waals surface area contributed by atoms with Crippen molar-refractivity contribution in [1.82, 2.24) is 4.90 Å². The van der Waals surface area contributed by atoms with Crippen LogP contribution in [0.15, 0.2) is 0 Å². The zero-order valence-corrected chi connectivity index (χ0v) is 8.19. The maximum atomic E-state index is 12.2. The van der Waals surface area contributed by atoms with Gasteiger partial charge in [0.1, 0.15) is 0 Å². The third-order valence-corrected chi connectivity index (χ3v) is 3.48. The zero-order chi connectivity index (χ0) is 10.2. The van der Waals surface area contributed by atoms with Gasteiger partial charge >= 0.3 is 6.18 Å². The Morgan fingerprint density at radius 2 is 1.50 bits per heavy atom. The van der Waals surface area contributed by atoms with Gasteiger partial charge in [-0.2, -0.15) is 13.2 Å². The van der Waals surface area contributed by atoms with E-state index in [9.17, 15) is 13.2 Å². The van der Waals surface area contributed by atoms with Gasteiger partial charge in [0.15, 0.2) is 0 Å². The first kappa shape index (κ1) is 10.3. The molecular formula is C10H16F3N. The SMILES string of the molecule is FC(F)(F)C1CC(N2CCCCC2)C1. The number of alkyl halides is 3. The highest BCUT2D eigenvalue weighted by Gasteiger charge is 2.49. The minimum atomic E-state index is -3.95. The van der Waals surface area contributed by atoms with Crippen LogP contribution in [0.5, 0.6) is 0 Å². The molecule has 1 heterocycles. The molecule has 0 aromatic carbocycles. The van der Waals surface area contributed by atoms with Gasteiger partial charge in [0.25, 0.3) is 0 Å². The van der Waals surface area contributed by atoms with Crippen molar-refractivity contribution < 1.29 is 13.2 Å². The predicted octanol–water partition coefficient (Wildman–Crippen LogP) is 2.81. The largest absolute Gasteiger partial charge is 0.391 e. The molecule has 1 aliphatic heterocycles. The van der Waals surface area contributed by atoms with Crippen LogP contribution in [0.25, 0.3) is 0 Å². The third kappa shape index (κ3) is 2.05. The van der Waals surface area contributed by atoms with Crippen molar-refractivity contribution in [3.8, 4) is 0 Å². The topological polar surface area (TPSA) is 3.24 Å². The summed E-state index contributed by atoms with van der Waals surface area (Å²) >= 11 is 0. The molecule has 2 rings (SSSR count). The van der Waals surface area contributed by atoms with Gasteiger partial charge in [-0.05, 0) is 38.8 Å². The average molecular weight is 207 g/mol. The standard InChI is InChI=1S/C10H16F3N/c11-10(12,13)8-6-9(7-8)14-4-2-1-3-5-14/h8-9H,1-7H2. The van der Waals surface area contributed by atoms with E-state index in [0.717, 1.165) is 25.9 Å². The molecule has 14 heavy (non-hydrogen) atoms. The summed E-state index contributed by atoms with van der Waals surface area (Å²) in [5, 5.41) is 0. The number of halogens is 3. The summed E-state index contributed by atoms with van der Waals surface area (Å²) in [6.07, 6.45) is 0.283. The second kappa shape index (κ2) is 3.72. The van der Waals surface area contributed by atoms with E-state index < -0.39 is 12.1 Å². The smallest absolute Gasteiger partial charge is 0.300 e. The number of likely N-dealkylation sites (tertiary alicyclic amines) is 1. The minimum Gasteiger partial charge on any atom is -0.300 e. The van der Waals surface area contributed by atoms with Crippen molar-refractivity contribution in [3.63, 3.8) is 0 Å². The van der Waals surface area contributed by atoms with Gasteiger partial charge in [0, 0.05) is 6.04 Å². The molecular weight excluding hydrogens is 191 g/mol. The summed E-state index contributed by atoms with van der Waals surface area (Å²) < 4.78 is 36.7. The maximum absolute atomic E-state index is 12.2. The molecule has 0 bridgehead atoms. The van der Waals surface area contributed by atoms with E-state index in [-0.39, 0.29) is 6.04 Å². The highest BCUT2D eigenvalue weighted by atomic mass is 19.4. The fraction of sp³-hybridized carbons (Fsp3) is 1.00. The first-order chi connectivity index (χ1) is 6.57. The second-order valence-corrected chi connectivity index (χ2v) is 4.46. The van der Waals surface area contributed by atoms with E-state index >= 15 is 0 Å². The van der Waals surface area contributed by atoms with Crippen molar-refractivity contribution in [3.05, 3.63) is 0 Å². The van der Waals surface area contributed by atoms with E-state index in [2.05, 4.69) is 4.90 Å². The van der Waals surface area contributed by atoms with Crippen LogP contribution in [-0.4, -0.2) is 30.2 Å². The lowest BCUT2D eigenvalue weighted by atomic mass is 9.78. The van der Waals surface area contributed by atoms with Crippen molar-refractivity contribution in [2.45, 2.75) is 44.3 Å². The second-order valence-electron chi connectivity index (χ2n) is 4.46. The Hall–Kier alpha value is -0.250. The monoisotopic (exact) mass is 207 g/mol. The van der Waals surface area contributed by atoms with Gasteiger partial charge in [-0.25, -0.2) is 0 Å². The Morgan fingerprint density at radius 1 is 0.929 bits per heavy atom. The van der Waals surface area contributed by atoms with E-state index in [1.807, 2.05) is 0 Å². The number of hydrogen-bond acceptors (Lipinski definition) is 1. The number of hydrogen-bond donors (Lipinski definition) is 0. The third-order valence-electron chi connectivity index (χ3n) is 3.48. The Labute approximate surface area is 82.3 Å². The van der Waals surface area contributed by atoms with Gasteiger partial charge in [0.2, 0.25) is 0 Å². The number of nitrogens with zero attached hydrogens (tertiary/aromatic N) is 1. The molecule has 0 amide bonds. The molecule has 1 aliphatic carbocycles. The molecule has 0 atom stereocenters. The fourth-order valence-electron chi connectivity index (χ4n) is 2.44. The molecule has 0 aromatic heterocycles. The molecule has 0 radical (unpaired) electrons. The van der Waals surface area contributed by atoms with Gasteiger partial charge in [0.05, 0.1) is 5.92 Å². The molecule has 2 aliphatic rings. The Bertz CT molecular complexity index is 190. The highest BCUT2D eigenvalue weighted by Crippen LogP contribution is 2.43. The lowest BCUT2D eigenvalue weighted by molar-refractivity contribution is -0.207. The van der Waals surface area contributed by atoms with Gasteiger partial charge < -0.3 is 4.90 Å². The van der Waals surface area contributed by atoms with Crippen molar-refractivity contribution in [1.29, 1.82) is 0 Å². The molecule has 4 heteroatoms. The molecule has 0 unspecified atom stereocenters. The molecule has 0 aromatic rings. The van der Waals surface area contributed by atoms with E-state index in [1.54, 1.807) is 0 Å². The van der Waals surface area contributed by atoms with E-state index in [1.165, 1.54) is 6.42 Å². The van der Waals surface area contributed by atoms with Crippen molar-refractivity contribution >= 4 is 0 Å². The summed E-state index contributed by atoms with van der Waals surface area (Å²) in [6, 6.07) is 0.224. The molecule has 0 N–H and O–H groups in total. The Balaban J connectivity index is 1.76. The van der Waals surface area contributed by atoms with Crippen molar-refractivity contribution in [2.75, 3.05) is 13.1 Å². The summed E-state index contributed by atoms with van der Waals surface area (Å²) in [5.41, 5.74) is 0. The molecule has 2 fully saturated rings. The van der Waals surface area contributed by atoms with E-state index in [4.69, 9.17) is 0 Å². The van der Waals surface area contributed by atoms with Crippen molar-refractivity contribution in [2.24, 2.45) is 5.92 Å². The number of rotatable bonds is 1. The van der Waals surface area contributed by atoms with Gasteiger partial charge in [-0.1, -0.05) is 6.42 Å². The molecule has 1 saturated heterocycles. The van der Waals surface area contributed by atoms with Crippen LogP contribution >= 0.6 is 0 Å². The fourth-order valence-corrected chi connectivity index (χ4v) is 2.44. The maximum Gasteiger partial charge on any atom is 0.391 e. The molecule has 1 nitrogen and oxygen atoms in total. The zero-order valence-electron chi connectivity index (χ0n) is 8.19. The lowest BCUT2D eigenvalue weighted by Crippen LogP contribution is -2.50. The molecule has 0 spiro atoms. The minimum absolute atomic E-state index is 0.224. The summed E-state index contributed by atoms with van der Waals surface area (Å²) in [4.78, 5) is 2.24. The first-order valence-electron chi connectivity index (χ1n) is 5.38. The Kier molecular flexibility index (Phi) is 2.73. The van der Waals surface area contributed by atoms with Crippen LogP contribution in [0.2, 0.25) is 0 Å². The number of piperidine rings is 1. The normalized spacial score (nSPS) is 35.4. The highest BCUT2D eigenvalue weighted by molar-refractivity contribution is 4.91. The van der Waals surface area contributed by atoms with Gasteiger partial charge in [-0.3, -0.25) is 0 Å². The van der Waals surface area contributed by atoms with E-state index in [0.29, 0.717) is 12.8 Å². The molecule has 1 saturated carbocycles. The summed E-state index contributed by atoms with van der Waals surface area (Å²) in [5.74, 6) is -1.02.